The van der Waals surface area contributed by atoms with E-state index in [9.17, 15) is 14.9 Å². The van der Waals surface area contributed by atoms with E-state index in [0.717, 1.165) is 0 Å². The van der Waals surface area contributed by atoms with Crippen LogP contribution in [0.15, 0.2) is 36.5 Å². The van der Waals surface area contributed by atoms with Crippen LogP contribution in [-0.2, 0) is 0 Å². The Labute approximate surface area is 108 Å². The number of nitro benzene ring substituents is 1. The van der Waals surface area contributed by atoms with Crippen LogP contribution in [0.5, 0.6) is 11.5 Å². The molecular formula is C13H10N2O4. The van der Waals surface area contributed by atoms with Gasteiger partial charge < -0.3 is 4.74 Å². The largest absolute Gasteiger partial charge is 0.455 e. The maximum Gasteiger partial charge on any atom is 0.280 e. The fourth-order valence-electron chi connectivity index (χ4n) is 1.56. The summed E-state index contributed by atoms with van der Waals surface area (Å²) in [5.41, 5.74) is 0.419. The molecule has 1 heterocycles. The predicted octanol–water partition coefficient (Wildman–Crippen LogP) is 2.90. The van der Waals surface area contributed by atoms with Crippen LogP contribution in [0.2, 0.25) is 0 Å². The second kappa shape index (κ2) is 5.26. The van der Waals surface area contributed by atoms with E-state index in [1.54, 1.807) is 25.3 Å². The lowest BCUT2D eigenvalue weighted by atomic mass is 10.2. The van der Waals surface area contributed by atoms with Crippen LogP contribution in [0.4, 0.5) is 5.69 Å². The molecule has 0 aliphatic carbocycles. The van der Waals surface area contributed by atoms with Crippen LogP contribution >= 0.6 is 0 Å². The number of benzene rings is 1. The van der Waals surface area contributed by atoms with E-state index in [1.165, 1.54) is 18.2 Å². The molecule has 1 aromatic heterocycles. The Hall–Kier alpha value is -2.76. The molecule has 19 heavy (non-hydrogen) atoms. The molecule has 2 rings (SSSR count). The van der Waals surface area contributed by atoms with Gasteiger partial charge in [-0.25, -0.2) is 0 Å². The van der Waals surface area contributed by atoms with Gasteiger partial charge in [0.05, 0.1) is 16.2 Å². The average molecular weight is 258 g/mol. The van der Waals surface area contributed by atoms with Gasteiger partial charge in [0.25, 0.3) is 5.69 Å². The Kier molecular flexibility index (Phi) is 3.51. The number of aromatic nitrogens is 1. The smallest absolute Gasteiger partial charge is 0.280 e. The highest BCUT2D eigenvalue weighted by Crippen LogP contribution is 2.27. The van der Waals surface area contributed by atoms with Crippen molar-refractivity contribution in [2.45, 2.75) is 6.92 Å². The van der Waals surface area contributed by atoms with Gasteiger partial charge in [-0.2, -0.15) is 0 Å². The topological polar surface area (TPSA) is 82.3 Å². The summed E-state index contributed by atoms with van der Waals surface area (Å²) in [4.78, 5) is 25.0. The summed E-state index contributed by atoms with van der Waals surface area (Å²) in [7, 11) is 0. The van der Waals surface area contributed by atoms with Crippen LogP contribution in [-0.4, -0.2) is 16.2 Å². The lowest BCUT2D eigenvalue weighted by molar-refractivity contribution is -0.385. The molecule has 0 atom stereocenters. The Balaban J connectivity index is 2.35. The molecule has 0 aliphatic heterocycles. The Bertz CT molecular complexity index is 640. The molecule has 0 radical (unpaired) electrons. The second-order valence-corrected chi connectivity index (χ2v) is 3.78. The molecule has 0 saturated carbocycles. The minimum atomic E-state index is -0.608. The Morgan fingerprint density at radius 2 is 2.16 bits per heavy atom. The van der Waals surface area contributed by atoms with Crippen LogP contribution in [0, 0.1) is 17.0 Å². The number of carbonyl (C=O) groups is 1. The molecule has 1 aromatic carbocycles. The van der Waals surface area contributed by atoms with Crippen molar-refractivity contribution in [3.63, 3.8) is 0 Å². The van der Waals surface area contributed by atoms with E-state index in [4.69, 9.17) is 4.74 Å². The lowest BCUT2D eigenvalue weighted by Crippen LogP contribution is -1.96. The van der Waals surface area contributed by atoms with Crippen molar-refractivity contribution >= 4 is 12.0 Å². The third-order valence-corrected chi connectivity index (χ3v) is 2.51. The lowest BCUT2D eigenvalue weighted by Gasteiger charge is -2.07. The van der Waals surface area contributed by atoms with Crippen molar-refractivity contribution < 1.29 is 14.5 Å². The van der Waals surface area contributed by atoms with E-state index in [-0.39, 0.29) is 11.3 Å². The van der Waals surface area contributed by atoms with E-state index >= 15 is 0 Å². The monoisotopic (exact) mass is 258 g/mol. The van der Waals surface area contributed by atoms with Gasteiger partial charge in [-0.3, -0.25) is 19.9 Å². The molecule has 6 heteroatoms. The number of rotatable bonds is 4. The number of nitro groups is 1. The number of aldehydes is 1. The highest BCUT2D eigenvalue weighted by molar-refractivity contribution is 5.82. The predicted molar refractivity (Wildman–Crippen MR) is 67.5 cm³/mol. The first-order valence-electron chi connectivity index (χ1n) is 5.45. The quantitative estimate of drug-likeness (QED) is 0.478. The zero-order valence-electron chi connectivity index (χ0n) is 10.1. The van der Waals surface area contributed by atoms with Gasteiger partial charge >= 0.3 is 0 Å². The second-order valence-electron chi connectivity index (χ2n) is 3.78. The zero-order valence-corrected chi connectivity index (χ0v) is 10.1. The summed E-state index contributed by atoms with van der Waals surface area (Å²) in [6, 6.07) is 7.46. The van der Waals surface area contributed by atoms with Gasteiger partial charge in [0.1, 0.15) is 11.5 Å². The van der Waals surface area contributed by atoms with E-state index in [1.807, 2.05) is 0 Å². The Morgan fingerprint density at radius 3 is 2.79 bits per heavy atom. The van der Waals surface area contributed by atoms with Crippen molar-refractivity contribution in [3.8, 4) is 11.5 Å². The third-order valence-electron chi connectivity index (χ3n) is 2.51. The number of hydrogen-bond acceptors (Lipinski definition) is 5. The molecule has 0 spiro atoms. The van der Waals surface area contributed by atoms with E-state index < -0.39 is 4.92 Å². The SMILES string of the molecule is Cc1ncccc1Oc1ccc([N+](=O)[O-])c(C=O)c1. The molecule has 0 aliphatic rings. The molecule has 0 saturated heterocycles. The molecule has 0 bridgehead atoms. The first kappa shape index (κ1) is 12.7. The first-order valence-corrected chi connectivity index (χ1v) is 5.45. The van der Waals surface area contributed by atoms with Gasteiger partial charge in [0.2, 0.25) is 0 Å². The van der Waals surface area contributed by atoms with Crippen molar-refractivity contribution in [1.29, 1.82) is 0 Å². The average Bonchev–Trinajstić information content (AvgIpc) is 2.41. The number of pyridine rings is 1. The summed E-state index contributed by atoms with van der Waals surface area (Å²) in [5, 5.41) is 10.7. The first-order chi connectivity index (χ1) is 9.11. The summed E-state index contributed by atoms with van der Waals surface area (Å²) in [6.07, 6.45) is 2.07. The van der Waals surface area contributed by atoms with Crippen LogP contribution < -0.4 is 4.74 Å². The normalized spacial score (nSPS) is 9.95. The molecule has 0 N–H and O–H groups in total. The van der Waals surface area contributed by atoms with Crippen LogP contribution in [0.1, 0.15) is 16.1 Å². The number of aryl methyl sites for hydroxylation is 1. The fraction of sp³-hybridized carbons (Fsp3) is 0.0769. The molecule has 2 aromatic rings. The third kappa shape index (κ3) is 2.74. The summed E-state index contributed by atoms with van der Waals surface area (Å²) in [5.74, 6) is 0.886. The van der Waals surface area contributed by atoms with Crippen LogP contribution in [0.3, 0.4) is 0 Å². The van der Waals surface area contributed by atoms with Gasteiger partial charge in [0.15, 0.2) is 6.29 Å². The van der Waals surface area contributed by atoms with Gasteiger partial charge in [-0.1, -0.05) is 0 Å². The minimum absolute atomic E-state index is 0.0240. The standard InChI is InChI=1S/C13H10N2O4/c1-9-13(3-2-6-14-9)19-11-4-5-12(15(17)18)10(7-11)8-16/h2-8H,1H3. The highest BCUT2D eigenvalue weighted by atomic mass is 16.6. The van der Waals surface area contributed by atoms with Crippen molar-refractivity contribution in [2.24, 2.45) is 0 Å². The van der Waals surface area contributed by atoms with E-state index in [2.05, 4.69) is 4.98 Å². The Morgan fingerprint density at radius 1 is 1.37 bits per heavy atom. The molecule has 96 valence electrons. The maximum atomic E-state index is 10.8. The number of carbonyl (C=O) groups excluding carboxylic acids is 1. The molecule has 6 nitrogen and oxygen atoms in total. The van der Waals surface area contributed by atoms with Gasteiger partial charge in [-0.05, 0) is 31.2 Å². The summed E-state index contributed by atoms with van der Waals surface area (Å²) >= 11 is 0. The molecule has 0 unspecified atom stereocenters. The minimum Gasteiger partial charge on any atom is -0.455 e. The maximum absolute atomic E-state index is 10.8. The number of nitrogens with zero attached hydrogens (tertiary/aromatic N) is 2. The number of ether oxygens (including phenoxy) is 1. The van der Waals surface area contributed by atoms with Crippen molar-refractivity contribution in [2.75, 3.05) is 0 Å². The molecule has 0 fully saturated rings. The van der Waals surface area contributed by atoms with Gasteiger partial charge in [0, 0.05) is 12.3 Å². The van der Waals surface area contributed by atoms with Gasteiger partial charge in [-0.15, -0.1) is 0 Å². The molecule has 0 amide bonds. The molecular weight excluding hydrogens is 248 g/mol. The van der Waals surface area contributed by atoms with Crippen molar-refractivity contribution in [3.05, 3.63) is 57.9 Å². The van der Waals surface area contributed by atoms with Crippen LogP contribution in [0.25, 0.3) is 0 Å². The number of hydrogen-bond donors (Lipinski definition) is 0. The fourth-order valence-corrected chi connectivity index (χ4v) is 1.56. The highest BCUT2D eigenvalue weighted by Gasteiger charge is 2.14. The van der Waals surface area contributed by atoms with E-state index in [0.29, 0.717) is 23.5 Å². The summed E-state index contributed by atoms with van der Waals surface area (Å²) < 4.78 is 5.54. The summed E-state index contributed by atoms with van der Waals surface area (Å²) in [6.45, 7) is 1.78. The zero-order chi connectivity index (χ0) is 13.8. The van der Waals surface area contributed by atoms with Crippen molar-refractivity contribution in [1.82, 2.24) is 4.98 Å².